The molecular weight excluding hydrogens is 271 g/mol. The Kier molecular flexibility index (Phi) is 4.50. The van der Waals surface area contributed by atoms with E-state index in [1.165, 1.54) is 26.4 Å². The van der Waals surface area contributed by atoms with Gasteiger partial charge in [-0.3, -0.25) is 4.79 Å². The van der Waals surface area contributed by atoms with E-state index in [1.807, 2.05) is 0 Å². The van der Waals surface area contributed by atoms with Crippen molar-refractivity contribution < 1.29 is 18.7 Å². The number of halogens is 1. The Morgan fingerprint density at radius 2 is 1.48 bits per heavy atom. The van der Waals surface area contributed by atoms with Gasteiger partial charge < -0.3 is 9.47 Å². The summed E-state index contributed by atoms with van der Waals surface area (Å²) in [5.74, 6) is -2.02. The van der Waals surface area contributed by atoms with Crippen molar-refractivity contribution in [3.05, 3.63) is 71.0 Å². The minimum Gasteiger partial charge on any atom is -0.349 e. The number of benzene rings is 2. The second-order valence-corrected chi connectivity index (χ2v) is 4.71. The van der Waals surface area contributed by atoms with Crippen LogP contribution in [-0.4, -0.2) is 20.0 Å². The molecule has 0 spiro atoms. The van der Waals surface area contributed by atoms with Crippen LogP contribution in [-0.2, 0) is 15.3 Å². The van der Waals surface area contributed by atoms with E-state index in [1.54, 1.807) is 43.3 Å². The highest BCUT2D eigenvalue weighted by Crippen LogP contribution is 2.30. The number of carbonyl (C=O) groups is 1. The fraction of sp³-hybridized carbons (Fsp3) is 0.235. The first-order valence-corrected chi connectivity index (χ1v) is 6.52. The summed E-state index contributed by atoms with van der Waals surface area (Å²) in [4.78, 5) is 12.6. The molecule has 0 aliphatic rings. The van der Waals surface area contributed by atoms with Gasteiger partial charge in [-0.25, -0.2) is 4.39 Å². The van der Waals surface area contributed by atoms with Crippen LogP contribution in [0.25, 0.3) is 0 Å². The Labute approximate surface area is 123 Å². The van der Waals surface area contributed by atoms with Crippen molar-refractivity contribution in [3.63, 3.8) is 0 Å². The summed E-state index contributed by atoms with van der Waals surface area (Å²) < 4.78 is 24.6. The van der Waals surface area contributed by atoms with Crippen molar-refractivity contribution in [1.82, 2.24) is 0 Å². The molecule has 2 aromatic carbocycles. The molecule has 2 rings (SSSR count). The predicted molar refractivity (Wildman–Crippen MR) is 77.6 cm³/mol. The van der Waals surface area contributed by atoms with Gasteiger partial charge in [-0.1, -0.05) is 36.4 Å². The Morgan fingerprint density at radius 3 is 2.05 bits per heavy atom. The third-order valence-corrected chi connectivity index (χ3v) is 3.56. The number of methoxy groups -OCH3 is 2. The molecule has 0 saturated heterocycles. The quantitative estimate of drug-likeness (QED) is 0.624. The third-order valence-electron chi connectivity index (χ3n) is 3.56. The molecule has 0 saturated carbocycles. The van der Waals surface area contributed by atoms with Crippen LogP contribution >= 0.6 is 0 Å². The lowest BCUT2D eigenvalue weighted by Gasteiger charge is -2.28. The highest BCUT2D eigenvalue weighted by molar-refractivity contribution is 6.10. The maximum atomic E-state index is 13.8. The molecule has 0 aromatic heterocycles. The van der Waals surface area contributed by atoms with E-state index in [4.69, 9.17) is 9.47 Å². The van der Waals surface area contributed by atoms with Gasteiger partial charge in [0.25, 0.3) is 0 Å². The second kappa shape index (κ2) is 6.16. The number of hydrogen-bond acceptors (Lipinski definition) is 3. The van der Waals surface area contributed by atoms with Crippen LogP contribution in [0.3, 0.4) is 0 Å². The standard InChI is InChI=1S/C17H17FO3/c1-17(20-2,21-3)14-10-6-4-8-12(14)16(19)13-9-5-7-11-15(13)18/h4-11H,1-3H3. The Morgan fingerprint density at radius 1 is 0.952 bits per heavy atom. The highest BCUT2D eigenvalue weighted by Gasteiger charge is 2.31. The zero-order chi connectivity index (χ0) is 15.5. The van der Waals surface area contributed by atoms with E-state index in [0.29, 0.717) is 11.1 Å². The van der Waals surface area contributed by atoms with Gasteiger partial charge in [0, 0.05) is 25.3 Å². The largest absolute Gasteiger partial charge is 0.349 e. The van der Waals surface area contributed by atoms with Crippen LogP contribution < -0.4 is 0 Å². The van der Waals surface area contributed by atoms with E-state index in [-0.39, 0.29) is 5.56 Å². The van der Waals surface area contributed by atoms with Crippen LogP contribution in [0.1, 0.15) is 28.4 Å². The minimum atomic E-state index is -1.07. The SMILES string of the molecule is COC(C)(OC)c1ccccc1C(=O)c1ccccc1F. The third kappa shape index (κ3) is 2.86. The molecule has 2 aromatic rings. The molecule has 0 fully saturated rings. The molecule has 3 nitrogen and oxygen atoms in total. The van der Waals surface area contributed by atoms with Gasteiger partial charge in [-0.15, -0.1) is 0 Å². The van der Waals surface area contributed by atoms with Gasteiger partial charge in [-0.2, -0.15) is 0 Å². The summed E-state index contributed by atoms with van der Waals surface area (Å²) in [6, 6.07) is 12.8. The summed E-state index contributed by atoms with van der Waals surface area (Å²) in [6.45, 7) is 1.71. The lowest BCUT2D eigenvalue weighted by Crippen LogP contribution is -2.29. The van der Waals surface area contributed by atoms with Gasteiger partial charge >= 0.3 is 0 Å². The Hall–Kier alpha value is -2.04. The first-order valence-electron chi connectivity index (χ1n) is 6.52. The average molecular weight is 288 g/mol. The maximum Gasteiger partial charge on any atom is 0.196 e. The maximum absolute atomic E-state index is 13.8. The van der Waals surface area contributed by atoms with E-state index in [2.05, 4.69) is 0 Å². The molecule has 0 amide bonds. The summed E-state index contributed by atoms with van der Waals surface area (Å²) in [5, 5.41) is 0. The van der Waals surface area contributed by atoms with Crippen molar-refractivity contribution >= 4 is 5.78 Å². The molecule has 0 heterocycles. The van der Waals surface area contributed by atoms with Gasteiger partial charge in [-0.05, 0) is 19.1 Å². The number of ether oxygens (including phenoxy) is 2. The number of rotatable bonds is 5. The fourth-order valence-electron chi connectivity index (χ4n) is 2.17. The average Bonchev–Trinajstić information content (AvgIpc) is 2.54. The molecule has 0 radical (unpaired) electrons. The van der Waals surface area contributed by atoms with Crippen LogP contribution in [0.4, 0.5) is 4.39 Å². The molecular formula is C17H17FO3. The zero-order valence-electron chi connectivity index (χ0n) is 12.2. The van der Waals surface area contributed by atoms with Crippen molar-refractivity contribution in [2.45, 2.75) is 12.7 Å². The van der Waals surface area contributed by atoms with Crippen LogP contribution in [0.5, 0.6) is 0 Å². The van der Waals surface area contributed by atoms with Crippen LogP contribution in [0.2, 0.25) is 0 Å². The first-order chi connectivity index (χ1) is 10.0. The van der Waals surface area contributed by atoms with Crippen LogP contribution in [0, 0.1) is 5.82 Å². The van der Waals surface area contributed by atoms with Crippen molar-refractivity contribution in [2.75, 3.05) is 14.2 Å². The summed E-state index contributed by atoms with van der Waals surface area (Å²) in [5.41, 5.74) is 0.941. The summed E-state index contributed by atoms with van der Waals surface area (Å²) in [7, 11) is 2.99. The lowest BCUT2D eigenvalue weighted by atomic mass is 9.94. The van der Waals surface area contributed by atoms with E-state index in [9.17, 15) is 9.18 Å². The minimum absolute atomic E-state index is 0.0273. The molecule has 0 atom stereocenters. The molecule has 110 valence electrons. The monoisotopic (exact) mass is 288 g/mol. The second-order valence-electron chi connectivity index (χ2n) is 4.71. The topological polar surface area (TPSA) is 35.5 Å². The van der Waals surface area contributed by atoms with Gasteiger partial charge in [0.05, 0.1) is 5.56 Å². The zero-order valence-corrected chi connectivity index (χ0v) is 12.2. The van der Waals surface area contributed by atoms with Crippen LogP contribution in [0.15, 0.2) is 48.5 Å². The van der Waals surface area contributed by atoms with Crippen molar-refractivity contribution in [1.29, 1.82) is 0 Å². The molecule has 4 heteroatoms. The van der Waals surface area contributed by atoms with Crippen molar-refractivity contribution in [3.8, 4) is 0 Å². The molecule has 0 aliphatic carbocycles. The van der Waals surface area contributed by atoms with E-state index in [0.717, 1.165) is 0 Å². The van der Waals surface area contributed by atoms with Crippen molar-refractivity contribution in [2.24, 2.45) is 0 Å². The lowest BCUT2D eigenvalue weighted by molar-refractivity contribution is -0.202. The molecule has 0 unspecified atom stereocenters. The number of ketones is 1. The predicted octanol–water partition coefficient (Wildman–Crippen LogP) is 3.52. The molecule has 0 bridgehead atoms. The normalized spacial score (nSPS) is 11.4. The molecule has 0 N–H and O–H groups in total. The first kappa shape index (κ1) is 15.4. The summed E-state index contributed by atoms with van der Waals surface area (Å²) in [6.07, 6.45) is 0. The van der Waals surface area contributed by atoms with E-state index < -0.39 is 17.4 Å². The van der Waals surface area contributed by atoms with E-state index >= 15 is 0 Å². The Balaban J connectivity index is 2.56. The highest BCUT2D eigenvalue weighted by atomic mass is 19.1. The summed E-state index contributed by atoms with van der Waals surface area (Å²) >= 11 is 0. The fourth-order valence-corrected chi connectivity index (χ4v) is 2.17. The molecule has 0 aliphatic heterocycles. The molecule has 21 heavy (non-hydrogen) atoms. The smallest absolute Gasteiger partial charge is 0.196 e. The number of carbonyl (C=O) groups excluding carboxylic acids is 1. The Bertz CT molecular complexity index is 648. The van der Waals surface area contributed by atoms with Gasteiger partial charge in [0.15, 0.2) is 11.6 Å². The van der Waals surface area contributed by atoms with Gasteiger partial charge in [0.2, 0.25) is 0 Å². The van der Waals surface area contributed by atoms with Gasteiger partial charge in [0.1, 0.15) is 5.82 Å². The number of hydrogen-bond donors (Lipinski definition) is 0.